The van der Waals surface area contributed by atoms with Gasteiger partial charge in [-0.3, -0.25) is 0 Å². The summed E-state index contributed by atoms with van der Waals surface area (Å²) in [7, 11) is 0. The van der Waals surface area contributed by atoms with Crippen LogP contribution in [0.2, 0.25) is 0 Å². The average Bonchev–Trinajstić information content (AvgIpc) is 3.51. The first kappa shape index (κ1) is 24.2. The monoisotopic (exact) mass is 518 g/mol. The molecule has 4 aromatic rings. The molecule has 4 aliphatic rings. The third kappa shape index (κ3) is 3.65. The Morgan fingerprint density at radius 3 is 1.10 bits per heavy atom. The van der Waals surface area contributed by atoms with Crippen LogP contribution in [-0.2, 0) is 10.8 Å². The molecule has 0 unspecified atom stereocenters. The number of fused-ring (bicyclic) bond motifs is 4. The summed E-state index contributed by atoms with van der Waals surface area (Å²) in [6.07, 6.45) is 18.2. The Balaban J connectivity index is 1.09. The Morgan fingerprint density at radius 1 is 0.350 bits per heavy atom. The van der Waals surface area contributed by atoms with Gasteiger partial charge in [0.1, 0.15) is 0 Å². The maximum atomic E-state index is 2.49. The van der Waals surface area contributed by atoms with E-state index in [-0.39, 0.29) is 10.8 Å². The third-order valence-electron chi connectivity index (χ3n) is 10.7. The van der Waals surface area contributed by atoms with Gasteiger partial charge in [-0.05, 0) is 93.5 Å². The largest absolute Gasteiger partial charge is 0.0619 e. The summed E-state index contributed by atoms with van der Waals surface area (Å²) in [5.41, 5.74) is 14.9. The van der Waals surface area contributed by atoms with Crippen LogP contribution < -0.4 is 0 Å². The molecule has 2 fully saturated rings. The maximum absolute atomic E-state index is 2.49. The van der Waals surface area contributed by atoms with E-state index in [9.17, 15) is 0 Å². The summed E-state index contributed by atoms with van der Waals surface area (Å²) < 4.78 is 0. The first-order valence-electron chi connectivity index (χ1n) is 15.6. The quantitative estimate of drug-likeness (QED) is 0.253. The SMILES string of the molecule is C1=C(c2ccc(-c3ccc(C4=Cc5ccccc5C45CCCCC5)cc3)cc2)C2(CCCCC2)c2ccccc21. The zero-order valence-electron chi connectivity index (χ0n) is 23.5. The van der Waals surface area contributed by atoms with E-state index in [1.165, 1.54) is 97.6 Å². The summed E-state index contributed by atoms with van der Waals surface area (Å²) in [6.45, 7) is 0. The van der Waals surface area contributed by atoms with Crippen molar-refractivity contribution >= 4 is 23.3 Å². The van der Waals surface area contributed by atoms with Crippen LogP contribution in [0.1, 0.15) is 97.6 Å². The van der Waals surface area contributed by atoms with Crippen molar-refractivity contribution in [3.63, 3.8) is 0 Å². The van der Waals surface area contributed by atoms with Crippen LogP contribution in [0, 0.1) is 0 Å². The third-order valence-corrected chi connectivity index (χ3v) is 10.7. The first-order chi connectivity index (χ1) is 19.8. The smallest absolute Gasteiger partial charge is 0.0215 e. The van der Waals surface area contributed by atoms with Crippen molar-refractivity contribution in [1.29, 1.82) is 0 Å². The zero-order chi connectivity index (χ0) is 26.6. The summed E-state index contributed by atoms with van der Waals surface area (Å²) in [4.78, 5) is 0. The molecule has 0 aliphatic heterocycles. The Kier molecular flexibility index (Phi) is 5.73. The van der Waals surface area contributed by atoms with E-state index in [1.807, 2.05) is 0 Å². The van der Waals surface area contributed by atoms with Crippen LogP contribution >= 0.6 is 0 Å². The molecule has 0 heterocycles. The molecule has 0 bridgehead atoms. The fourth-order valence-electron chi connectivity index (χ4n) is 8.79. The lowest BCUT2D eigenvalue weighted by Crippen LogP contribution is -2.28. The molecule has 8 rings (SSSR count). The van der Waals surface area contributed by atoms with Gasteiger partial charge in [0, 0.05) is 10.8 Å². The van der Waals surface area contributed by atoms with E-state index in [4.69, 9.17) is 0 Å². The fraction of sp³-hybridized carbons (Fsp3) is 0.300. The number of hydrogen-bond donors (Lipinski definition) is 0. The summed E-state index contributed by atoms with van der Waals surface area (Å²) in [5.74, 6) is 0. The standard InChI is InChI=1S/C40H38/c1-7-23-39(24-8-1)35-13-5-3-11-33(35)27-37(39)31-19-15-29(16-20-31)30-17-21-32(22-18-30)38-28-34-12-4-6-14-36(34)40(38)25-9-2-10-26-40/h3-6,11-22,27-28H,1-2,7-10,23-26H2. The molecule has 0 nitrogen and oxygen atoms in total. The first-order valence-corrected chi connectivity index (χ1v) is 15.6. The van der Waals surface area contributed by atoms with Crippen LogP contribution in [0.15, 0.2) is 97.1 Å². The second-order valence-electron chi connectivity index (χ2n) is 12.7. The minimum absolute atomic E-state index is 0.208. The second-order valence-corrected chi connectivity index (χ2v) is 12.7. The Hall–Kier alpha value is -3.64. The van der Waals surface area contributed by atoms with Crippen LogP contribution in [0.4, 0.5) is 0 Å². The van der Waals surface area contributed by atoms with Gasteiger partial charge in [-0.15, -0.1) is 0 Å². The van der Waals surface area contributed by atoms with E-state index in [0.29, 0.717) is 0 Å². The van der Waals surface area contributed by atoms with Gasteiger partial charge in [0.2, 0.25) is 0 Å². The van der Waals surface area contributed by atoms with Gasteiger partial charge in [0.25, 0.3) is 0 Å². The molecule has 2 saturated carbocycles. The van der Waals surface area contributed by atoms with Crippen molar-refractivity contribution in [3.05, 3.63) is 130 Å². The molecule has 0 amide bonds. The van der Waals surface area contributed by atoms with Crippen molar-refractivity contribution in [1.82, 2.24) is 0 Å². The number of rotatable bonds is 3. The summed E-state index contributed by atoms with van der Waals surface area (Å²) >= 11 is 0. The Labute approximate surface area is 239 Å². The van der Waals surface area contributed by atoms with Crippen LogP contribution in [0.25, 0.3) is 34.4 Å². The molecule has 0 atom stereocenters. The molecule has 4 aliphatic carbocycles. The zero-order valence-corrected chi connectivity index (χ0v) is 23.5. The molecule has 0 saturated heterocycles. The average molecular weight is 519 g/mol. The predicted molar refractivity (Wildman–Crippen MR) is 170 cm³/mol. The Bertz CT molecular complexity index is 1490. The minimum atomic E-state index is 0.208. The lowest BCUT2D eigenvalue weighted by atomic mass is 9.65. The van der Waals surface area contributed by atoms with Crippen molar-refractivity contribution in [2.75, 3.05) is 0 Å². The van der Waals surface area contributed by atoms with Crippen molar-refractivity contribution in [3.8, 4) is 11.1 Å². The van der Waals surface area contributed by atoms with Gasteiger partial charge in [-0.25, -0.2) is 0 Å². The van der Waals surface area contributed by atoms with Gasteiger partial charge in [0.15, 0.2) is 0 Å². The van der Waals surface area contributed by atoms with Gasteiger partial charge < -0.3 is 0 Å². The molecule has 0 aromatic heterocycles. The normalized spacial score (nSPS) is 20.2. The minimum Gasteiger partial charge on any atom is -0.0619 e. The van der Waals surface area contributed by atoms with Gasteiger partial charge in [-0.1, -0.05) is 136 Å². The van der Waals surface area contributed by atoms with Gasteiger partial charge in [0.05, 0.1) is 0 Å². The lowest BCUT2D eigenvalue weighted by molar-refractivity contribution is 0.372. The van der Waals surface area contributed by atoms with E-state index in [2.05, 4.69) is 109 Å². The summed E-state index contributed by atoms with van der Waals surface area (Å²) in [5, 5.41) is 0. The molecular formula is C40H38. The fourth-order valence-corrected chi connectivity index (χ4v) is 8.79. The van der Waals surface area contributed by atoms with E-state index < -0.39 is 0 Å². The Morgan fingerprint density at radius 2 is 0.700 bits per heavy atom. The molecule has 0 N–H and O–H groups in total. The van der Waals surface area contributed by atoms with E-state index in [0.717, 1.165) is 0 Å². The molecule has 4 aromatic carbocycles. The number of benzene rings is 4. The van der Waals surface area contributed by atoms with Crippen LogP contribution in [0.5, 0.6) is 0 Å². The van der Waals surface area contributed by atoms with Crippen LogP contribution in [-0.4, -0.2) is 0 Å². The van der Waals surface area contributed by atoms with Crippen LogP contribution in [0.3, 0.4) is 0 Å². The van der Waals surface area contributed by atoms with Gasteiger partial charge >= 0.3 is 0 Å². The molecule has 2 spiro atoms. The number of allylic oxidation sites excluding steroid dienone is 2. The van der Waals surface area contributed by atoms with E-state index in [1.54, 1.807) is 22.3 Å². The van der Waals surface area contributed by atoms with Crippen molar-refractivity contribution in [2.24, 2.45) is 0 Å². The lowest BCUT2D eigenvalue weighted by Gasteiger charge is -2.38. The molecule has 198 valence electrons. The van der Waals surface area contributed by atoms with Crippen molar-refractivity contribution < 1.29 is 0 Å². The second kappa shape index (κ2) is 9.48. The molecule has 0 radical (unpaired) electrons. The highest BCUT2D eigenvalue weighted by Crippen LogP contribution is 2.56. The summed E-state index contributed by atoms with van der Waals surface area (Å²) in [6, 6.07) is 37.1. The van der Waals surface area contributed by atoms with Crippen molar-refractivity contribution in [2.45, 2.75) is 75.0 Å². The number of hydrogen-bond acceptors (Lipinski definition) is 0. The highest BCUT2D eigenvalue weighted by molar-refractivity contribution is 5.96. The molecular weight excluding hydrogens is 480 g/mol. The molecule has 40 heavy (non-hydrogen) atoms. The highest BCUT2D eigenvalue weighted by atomic mass is 14.5. The van der Waals surface area contributed by atoms with E-state index >= 15 is 0 Å². The van der Waals surface area contributed by atoms with Gasteiger partial charge in [-0.2, -0.15) is 0 Å². The highest BCUT2D eigenvalue weighted by Gasteiger charge is 2.43. The topological polar surface area (TPSA) is 0 Å². The predicted octanol–water partition coefficient (Wildman–Crippen LogP) is 10.9. The molecule has 0 heteroatoms. The maximum Gasteiger partial charge on any atom is 0.0215 e.